The van der Waals surface area contributed by atoms with Crippen LogP contribution in [0.4, 0.5) is 8.78 Å². The van der Waals surface area contributed by atoms with E-state index in [2.05, 4.69) is 20.9 Å². The van der Waals surface area contributed by atoms with Gasteiger partial charge in [0.1, 0.15) is 6.04 Å². The highest BCUT2D eigenvalue weighted by atomic mass is 19.2. The van der Waals surface area contributed by atoms with E-state index < -0.39 is 35.3 Å². The Labute approximate surface area is 225 Å². The summed E-state index contributed by atoms with van der Waals surface area (Å²) in [6, 6.07) is 14.6. The Morgan fingerprint density at radius 3 is 2.33 bits per heavy atom. The molecule has 204 valence electrons. The Hall–Kier alpha value is -4.47. The van der Waals surface area contributed by atoms with Crippen molar-refractivity contribution in [2.75, 3.05) is 13.1 Å². The van der Waals surface area contributed by atoms with Crippen molar-refractivity contribution < 1.29 is 28.0 Å². The minimum atomic E-state index is -1.18. The zero-order chi connectivity index (χ0) is 28.4. The number of nitrogens with zero attached hydrogens (tertiary/aromatic N) is 1. The lowest BCUT2D eigenvalue weighted by Gasteiger charge is -2.20. The van der Waals surface area contributed by atoms with Gasteiger partial charge in [-0.2, -0.15) is 0 Å². The minimum Gasteiger partial charge on any atom is -0.349 e. The highest BCUT2D eigenvalue weighted by molar-refractivity contribution is 5.98. The molecule has 0 bridgehead atoms. The molecule has 1 heterocycles. The lowest BCUT2D eigenvalue weighted by atomic mass is 10.0. The second-order valence-corrected chi connectivity index (χ2v) is 9.41. The summed E-state index contributed by atoms with van der Waals surface area (Å²) in [5, 5.41) is 7.52. The van der Waals surface area contributed by atoms with E-state index in [0.29, 0.717) is 0 Å². The number of carbonyl (C=O) groups excluding carboxylic acids is 4. The summed E-state index contributed by atoms with van der Waals surface area (Å²) in [5.41, 5.74) is 2.26. The molecule has 1 aromatic heterocycles. The van der Waals surface area contributed by atoms with Crippen LogP contribution in [0, 0.1) is 17.6 Å². The van der Waals surface area contributed by atoms with E-state index in [1.807, 2.05) is 50.2 Å². The first-order valence-corrected chi connectivity index (χ1v) is 12.4. The molecule has 0 saturated heterocycles. The molecule has 1 atom stereocenters. The number of aromatic nitrogens is 1. The van der Waals surface area contributed by atoms with Gasteiger partial charge in [-0.15, -0.1) is 0 Å². The number of benzene rings is 2. The molecular formula is C29H30F2N4O4. The number of pyridine rings is 1. The molecule has 0 radical (unpaired) electrons. The van der Waals surface area contributed by atoms with Crippen LogP contribution in [0.3, 0.4) is 0 Å². The Morgan fingerprint density at radius 2 is 1.64 bits per heavy atom. The molecular weight excluding hydrogens is 506 g/mol. The molecule has 0 unspecified atom stereocenters. The van der Waals surface area contributed by atoms with Gasteiger partial charge in [0.2, 0.25) is 11.8 Å². The summed E-state index contributed by atoms with van der Waals surface area (Å²) in [7, 11) is 0. The summed E-state index contributed by atoms with van der Waals surface area (Å²) < 4.78 is 26.7. The van der Waals surface area contributed by atoms with E-state index in [1.54, 1.807) is 12.3 Å². The molecule has 0 saturated carbocycles. The molecule has 10 heteroatoms. The highest BCUT2D eigenvalue weighted by Gasteiger charge is 2.23. The zero-order valence-corrected chi connectivity index (χ0v) is 21.7. The third-order valence-electron chi connectivity index (χ3n) is 5.71. The van der Waals surface area contributed by atoms with Crippen molar-refractivity contribution in [3.8, 4) is 11.3 Å². The van der Waals surface area contributed by atoms with Crippen molar-refractivity contribution in [3.63, 3.8) is 0 Å². The van der Waals surface area contributed by atoms with E-state index >= 15 is 0 Å². The Bertz CT molecular complexity index is 1330. The van der Waals surface area contributed by atoms with Crippen molar-refractivity contribution in [1.82, 2.24) is 20.9 Å². The molecule has 2 aromatic carbocycles. The summed E-state index contributed by atoms with van der Waals surface area (Å²) in [5.74, 6) is -4.41. The number of hydrogen-bond donors (Lipinski definition) is 3. The van der Waals surface area contributed by atoms with E-state index in [1.165, 1.54) is 0 Å². The minimum absolute atomic E-state index is 0.0113. The molecule has 8 nitrogen and oxygen atoms in total. The van der Waals surface area contributed by atoms with E-state index in [0.717, 1.165) is 35.0 Å². The van der Waals surface area contributed by atoms with Crippen molar-refractivity contribution in [3.05, 3.63) is 89.6 Å². The van der Waals surface area contributed by atoms with Crippen molar-refractivity contribution in [1.29, 1.82) is 0 Å². The van der Waals surface area contributed by atoms with Gasteiger partial charge < -0.3 is 16.0 Å². The number of halogens is 2. The lowest BCUT2D eigenvalue weighted by Crippen LogP contribution is -2.49. The molecule has 3 aromatic rings. The molecule has 0 fully saturated rings. The van der Waals surface area contributed by atoms with Crippen LogP contribution in [-0.2, 0) is 20.8 Å². The number of carbonyl (C=O) groups is 4. The zero-order valence-electron chi connectivity index (χ0n) is 21.7. The van der Waals surface area contributed by atoms with Crippen LogP contribution in [0.1, 0.15) is 36.2 Å². The van der Waals surface area contributed by atoms with Gasteiger partial charge in [-0.3, -0.25) is 24.2 Å². The second kappa shape index (κ2) is 13.9. The van der Waals surface area contributed by atoms with Crippen LogP contribution in [0.2, 0.25) is 0 Å². The maximum Gasteiger partial charge on any atom is 0.252 e. The Balaban J connectivity index is 1.48. The third kappa shape index (κ3) is 9.10. The van der Waals surface area contributed by atoms with Gasteiger partial charge in [0, 0.05) is 17.3 Å². The van der Waals surface area contributed by atoms with E-state index in [4.69, 9.17) is 0 Å². The van der Waals surface area contributed by atoms with Gasteiger partial charge in [0.05, 0.1) is 25.2 Å². The normalized spacial score (nSPS) is 11.5. The SMILES string of the molecule is CC(C)C[C@H](NC(=O)c1ccc(F)c(F)c1)C(=O)NCC(=O)CNC(=O)Cc1cccc(-c2ccccn2)c1. The predicted molar refractivity (Wildman–Crippen MR) is 141 cm³/mol. The van der Waals surface area contributed by atoms with Gasteiger partial charge in [-0.05, 0) is 54.3 Å². The number of amides is 3. The molecule has 3 N–H and O–H groups in total. The fraction of sp³-hybridized carbons (Fsp3) is 0.276. The third-order valence-corrected chi connectivity index (χ3v) is 5.71. The number of Topliss-reactive ketones (excluding diaryl/α,β-unsaturated/α-hetero) is 1. The molecule has 0 aliphatic heterocycles. The number of ketones is 1. The highest BCUT2D eigenvalue weighted by Crippen LogP contribution is 2.18. The molecule has 0 aliphatic carbocycles. The van der Waals surface area contributed by atoms with Crippen molar-refractivity contribution in [2.24, 2.45) is 5.92 Å². The van der Waals surface area contributed by atoms with Gasteiger partial charge in [-0.1, -0.05) is 38.1 Å². The van der Waals surface area contributed by atoms with Crippen LogP contribution in [0.15, 0.2) is 66.9 Å². The molecule has 0 spiro atoms. The lowest BCUT2D eigenvalue weighted by molar-refractivity contribution is -0.127. The summed E-state index contributed by atoms with van der Waals surface area (Å²) in [6.45, 7) is 3.05. The Morgan fingerprint density at radius 1 is 0.872 bits per heavy atom. The first-order valence-electron chi connectivity index (χ1n) is 12.4. The fourth-order valence-electron chi connectivity index (χ4n) is 3.77. The average molecular weight is 537 g/mol. The van der Waals surface area contributed by atoms with Gasteiger partial charge in [0.15, 0.2) is 17.4 Å². The van der Waals surface area contributed by atoms with Crippen LogP contribution in [0.25, 0.3) is 11.3 Å². The molecule has 3 amide bonds. The number of rotatable bonds is 12. The van der Waals surface area contributed by atoms with E-state index in [9.17, 15) is 28.0 Å². The quantitative estimate of drug-likeness (QED) is 0.329. The standard InChI is InChI=1S/C29H30F2N4O4/c1-18(2)12-26(35-28(38)21-9-10-23(30)24(31)15-21)29(39)34-17-22(36)16-33-27(37)14-19-6-5-7-20(13-19)25-8-3-4-11-32-25/h3-11,13,15,18,26H,12,14,16-17H2,1-2H3,(H,33,37)(H,34,39)(H,35,38)/t26-/m0/s1. The number of nitrogens with one attached hydrogen (secondary N) is 3. The van der Waals surface area contributed by atoms with Gasteiger partial charge in [0.25, 0.3) is 5.91 Å². The molecule has 0 aliphatic rings. The van der Waals surface area contributed by atoms with Crippen LogP contribution < -0.4 is 16.0 Å². The van der Waals surface area contributed by atoms with Crippen LogP contribution in [0.5, 0.6) is 0 Å². The fourth-order valence-corrected chi connectivity index (χ4v) is 3.77. The Kier molecular flexibility index (Phi) is 10.4. The topological polar surface area (TPSA) is 117 Å². The largest absolute Gasteiger partial charge is 0.349 e. The first kappa shape index (κ1) is 29.1. The maximum absolute atomic E-state index is 13.5. The predicted octanol–water partition coefficient (Wildman–Crippen LogP) is 3.22. The number of hydrogen-bond acceptors (Lipinski definition) is 5. The van der Waals surface area contributed by atoms with Crippen molar-refractivity contribution >= 4 is 23.5 Å². The smallest absolute Gasteiger partial charge is 0.252 e. The van der Waals surface area contributed by atoms with E-state index in [-0.39, 0.29) is 43.3 Å². The monoisotopic (exact) mass is 536 g/mol. The second-order valence-electron chi connectivity index (χ2n) is 9.41. The van der Waals surface area contributed by atoms with Crippen LogP contribution in [-0.4, -0.2) is 47.6 Å². The summed E-state index contributed by atoms with van der Waals surface area (Å²) >= 11 is 0. The van der Waals surface area contributed by atoms with Gasteiger partial charge >= 0.3 is 0 Å². The first-order chi connectivity index (χ1) is 18.6. The average Bonchev–Trinajstić information content (AvgIpc) is 2.92. The maximum atomic E-state index is 13.5. The summed E-state index contributed by atoms with van der Waals surface area (Å²) in [4.78, 5) is 54.1. The van der Waals surface area contributed by atoms with Crippen LogP contribution >= 0.6 is 0 Å². The summed E-state index contributed by atoms with van der Waals surface area (Å²) in [6.07, 6.45) is 2.00. The molecule has 39 heavy (non-hydrogen) atoms. The van der Waals surface area contributed by atoms with Crippen molar-refractivity contribution in [2.45, 2.75) is 32.7 Å². The van der Waals surface area contributed by atoms with Gasteiger partial charge in [-0.25, -0.2) is 8.78 Å². The molecule has 3 rings (SSSR count).